The second-order valence-electron chi connectivity index (χ2n) is 8.99. The van der Waals surface area contributed by atoms with Crippen molar-refractivity contribution >= 4 is 28.6 Å². The molecule has 0 saturated carbocycles. The third-order valence-electron chi connectivity index (χ3n) is 5.68. The lowest BCUT2D eigenvalue weighted by Gasteiger charge is -2.24. The largest absolute Gasteiger partial charge is 0.497 e. The number of ether oxygens (including phenoxy) is 5. The lowest BCUT2D eigenvalue weighted by atomic mass is 10.0. The normalized spacial score (nSPS) is 21.1. The van der Waals surface area contributed by atoms with Crippen LogP contribution in [0, 0.1) is 0 Å². The number of hydrogen-bond donors (Lipinski definition) is 0. The van der Waals surface area contributed by atoms with Gasteiger partial charge in [-0.15, -0.1) is 0 Å². The minimum Gasteiger partial charge on any atom is -0.497 e. The van der Waals surface area contributed by atoms with E-state index in [0.29, 0.717) is 18.6 Å². The number of benzene rings is 2. The molecule has 0 N–H and O–H groups in total. The van der Waals surface area contributed by atoms with Gasteiger partial charge in [0.1, 0.15) is 18.0 Å². The van der Waals surface area contributed by atoms with Gasteiger partial charge in [-0.1, -0.05) is 59.0 Å². The van der Waals surface area contributed by atoms with Crippen LogP contribution in [0.15, 0.2) is 66.7 Å². The maximum atomic E-state index is 12.9. The zero-order valence-electron chi connectivity index (χ0n) is 20.8. The van der Waals surface area contributed by atoms with Gasteiger partial charge in [-0.2, -0.15) is 0 Å². The smallest absolute Gasteiger partial charge is 0.338 e. The zero-order valence-corrected chi connectivity index (χ0v) is 23.0. The molecule has 0 aliphatic carbocycles. The number of rotatable bonds is 12. The van der Waals surface area contributed by atoms with Crippen LogP contribution in [0.3, 0.4) is 0 Å². The average Bonchev–Trinajstić information content (AvgIpc) is 3.17. The van der Waals surface area contributed by atoms with Crippen LogP contribution in [0.2, 0.25) is 0 Å². The molecular weight excluding hydrogens is 559 g/mol. The molecule has 190 valence electrons. The van der Waals surface area contributed by atoms with Gasteiger partial charge in [0.25, 0.3) is 0 Å². The summed E-state index contributed by atoms with van der Waals surface area (Å²) in [6.07, 6.45) is 4.24. The average molecular weight is 594 g/mol. The number of methoxy groups -OCH3 is 1. The highest BCUT2D eigenvalue weighted by Crippen LogP contribution is 2.33. The third kappa shape index (κ3) is 8.59. The first-order valence-corrected chi connectivity index (χ1v) is 13.4. The Bertz CT molecular complexity index is 944. The Morgan fingerprint density at radius 1 is 1.11 bits per heavy atom. The highest BCUT2D eigenvalue weighted by atomic mass is 127. The van der Waals surface area contributed by atoms with Gasteiger partial charge in [-0.25, -0.2) is 4.79 Å². The van der Waals surface area contributed by atoms with E-state index < -0.39 is 11.9 Å². The van der Waals surface area contributed by atoms with Gasteiger partial charge >= 0.3 is 5.97 Å². The molecule has 3 rings (SSSR count). The molecule has 0 spiro atoms. The molecule has 1 aliphatic heterocycles. The van der Waals surface area contributed by atoms with Crippen molar-refractivity contribution in [3.05, 3.63) is 77.9 Å². The third-order valence-corrected chi connectivity index (χ3v) is 6.30. The molecule has 0 bridgehead atoms. The number of hydrogen-bond acceptors (Lipinski definition) is 6. The van der Waals surface area contributed by atoms with Crippen molar-refractivity contribution in [2.45, 2.75) is 70.4 Å². The van der Waals surface area contributed by atoms with Crippen LogP contribution in [0.5, 0.6) is 5.75 Å². The highest BCUT2D eigenvalue weighted by molar-refractivity contribution is 14.1. The molecule has 1 saturated heterocycles. The van der Waals surface area contributed by atoms with Crippen LogP contribution < -0.4 is 4.74 Å². The number of carbonyl (C=O) groups excluding carboxylic acids is 1. The molecule has 1 aliphatic rings. The summed E-state index contributed by atoms with van der Waals surface area (Å²) in [5.74, 6) is -0.296. The van der Waals surface area contributed by atoms with E-state index in [0.717, 1.165) is 22.2 Å². The molecular formula is C28H35IO6. The maximum Gasteiger partial charge on any atom is 0.338 e. The summed E-state index contributed by atoms with van der Waals surface area (Å²) in [4.78, 5) is 12.9. The quantitative estimate of drug-likeness (QED) is 0.128. The fourth-order valence-electron chi connectivity index (χ4n) is 3.89. The van der Waals surface area contributed by atoms with Crippen molar-refractivity contribution in [2.75, 3.05) is 11.5 Å². The Kier molecular flexibility index (Phi) is 10.6. The predicted molar refractivity (Wildman–Crippen MR) is 144 cm³/mol. The summed E-state index contributed by atoms with van der Waals surface area (Å²) in [6, 6.07) is 16.8. The summed E-state index contributed by atoms with van der Waals surface area (Å²) >= 11 is 2.33. The van der Waals surface area contributed by atoms with Crippen molar-refractivity contribution in [1.29, 1.82) is 0 Å². The molecule has 7 heteroatoms. The second kappa shape index (κ2) is 13.4. The number of carbonyl (C=O) groups is 1. The first-order valence-electron chi connectivity index (χ1n) is 11.9. The van der Waals surface area contributed by atoms with E-state index in [2.05, 4.69) is 22.6 Å². The fraction of sp³-hybridized carbons (Fsp3) is 0.464. The fourth-order valence-corrected chi connectivity index (χ4v) is 4.50. The van der Waals surface area contributed by atoms with Crippen molar-refractivity contribution < 1.29 is 28.5 Å². The van der Waals surface area contributed by atoms with Crippen molar-refractivity contribution in [3.8, 4) is 5.75 Å². The standard InChI is InChI=1S/C28H35IO6/c1-20(32-19-21-13-15-23(31-4)16-14-21)9-8-12-24(33-27(30)22-10-6-5-7-11-22)26-25(17-18-29)34-28(2,3)35-26/h5-8,10-16,20,24-26H,9,17-19H2,1-4H3/b12-8-/t20-,24?,25?,26?/m1/s1. The number of halogens is 1. The number of esters is 1. The second-order valence-corrected chi connectivity index (χ2v) is 10.1. The molecule has 0 aromatic heterocycles. The maximum absolute atomic E-state index is 12.9. The van der Waals surface area contributed by atoms with Gasteiger partial charge < -0.3 is 23.7 Å². The molecule has 0 radical (unpaired) electrons. The van der Waals surface area contributed by atoms with Crippen LogP contribution in [-0.4, -0.2) is 47.7 Å². The van der Waals surface area contributed by atoms with E-state index in [9.17, 15) is 4.79 Å². The topological polar surface area (TPSA) is 63.2 Å². The molecule has 2 aromatic rings. The first-order chi connectivity index (χ1) is 16.8. The zero-order chi connectivity index (χ0) is 25.3. The van der Waals surface area contributed by atoms with Gasteiger partial charge in [0.05, 0.1) is 31.5 Å². The molecule has 1 fully saturated rings. The molecule has 6 nitrogen and oxygen atoms in total. The van der Waals surface area contributed by atoms with Crippen molar-refractivity contribution in [2.24, 2.45) is 0 Å². The van der Waals surface area contributed by atoms with Crippen LogP contribution in [0.1, 0.15) is 49.5 Å². The number of alkyl halides is 1. The van der Waals surface area contributed by atoms with Crippen LogP contribution >= 0.6 is 22.6 Å². The lowest BCUT2D eigenvalue weighted by Crippen LogP contribution is -2.38. The van der Waals surface area contributed by atoms with Crippen LogP contribution in [0.4, 0.5) is 0 Å². The van der Waals surface area contributed by atoms with Crippen molar-refractivity contribution in [3.63, 3.8) is 0 Å². The molecule has 2 aromatic carbocycles. The summed E-state index contributed by atoms with van der Waals surface area (Å²) in [5, 5.41) is 0. The van der Waals surface area contributed by atoms with Crippen molar-refractivity contribution in [1.82, 2.24) is 0 Å². The highest BCUT2D eigenvalue weighted by Gasteiger charge is 2.45. The van der Waals surface area contributed by atoms with Crippen LogP contribution in [0.25, 0.3) is 0 Å². The predicted octanol–water partition coefficient (Wildman–Crippen LogP) is 6.12. The SMILES string of the molecule is COc1ccc(CO[C@H](C)C/C=C\C(OC(=O)c2ccccc2)C2OC(C)(C)OC2CCI)cc1. The summed E-state index contributed by atoms with van der Waals surface area (Å²) in [5.41, 5.74) is 1.59. The lowest BCUT2D eigenvalue weighted by molar-refractivity contribution is -0.153. The minimum absolute atomic E-state index is 0.0128. The Labute approximate surface area is 222 Å². The van der Waals surface area contributed by atoms with E-state index in [-0.39, 0.29) is 24.3 Å². The Morgan fingerprint density at radius 3 is 2.49 bits per heavy atom. The Balaban J connectivity index is 1.65. The molecule has 4 atom stereocenters. The van der Waals surface area contributed by atoms with E-state index in [1.807, 2.05) is 75.4 Å². The van der Waals surface area contributed by atoms with Crippen LogP contribution in [-0.2, 0) is 25.6 Å². The van der Waals surface area contributed by atoms with Gasteiger partial charge in [-0.3, -0.25) is 0 Å². The van der Waals surface area contributed by atoms with Gasteiger partial charge in [-0.05, 0) is 69.5 Å². The Morgan fingerprint density at radius 2 is 1.83 bits per heavy atom. The molecule has 1 heterocycles. The van der Waals surface area contributed by atoms with E-state index in [1.54, 1.807) is 19.2 Å². The summed E-state index contributed by atoms with van der Waals surface area (Å²) < 4.78 is 30.4. The first kappa shape index (κ1) is 27.6. The minimum atomic E-state index is -0.735. The van der Waals surface area contributed by atoms with E-state index >= 15 is 0 Å². The molecule has 35 heavy (non-hydrogen) atoms. The van der Waals surface area contributed by atoms with Gasteiger partial charge in [0.2, 0.25) is 0 Å². The Hall–Kier alpha value is -1.94. The summed E-state index contributed by atoms with van der Waals surface area (Å²) in [7, 11) is 1.65. The summed E-state index contributed by atoms with van der Waals surface area (Å²) in [6.45, 7) is 6.32. The van der Waals surface area contributed by atoms with Gasteiger partial charge in [0, 0.05) is 4.43 Å². The van der Waals surface area contributed by atoms with E-state index in [4.69, 9.17) is 23.7 Å². The van der Waals surface area contributed by atoms with Gasteiger partial charge in [0.15, 0.2) is 5.79 Å². The molecule has 3 unspecified atom stereocenters. The molecule has 0 amide bonds. The van der Waals surface area contributed by atoms with E-state index in [1.165, 1.54) is 0 Å². The monoisotopic (exact) mass is 594 g/mol.